The van der Waals surface area contributed by atoms with Crippen molar-refractivity contribution in [2.75, 3.05) is 12.4 Å². The quantitative estimate of drug-likeness (QED) is 0.244. The van der Waals surface area contributed by atoms with Gasteiger partial charge in [0.25, 0.3) is 0 Å². The van der Waals surface area contributed by atoms with E-state index in [0.717, 1.165) is 28.9 Å². The molecule has 0 fully saturated rings. The number of hydrogen-bond acceptors (Lipinski definition) is 4. The largest absolute Gasteiger partial charge is 0.465 e. The van der Waals surface area contributed by atoms with Crippen molar-refractivity contribution in [3.8, 4) is 0 Å². The van der Waals surface area contributed by atoms with Crippen LogP contribution in [0.15, 0.2) is 23.0 Å². The van der Waals surface area contributed by atoms with Crippen LogP contribution in [0.25, 0.3) is 11.0 Å². The molecule has 0 atom stereocenters. The van der Waals surface area contributed by atoms with E-state index in [1.165, 1.54) is 11.8 Å². The number of carbonyl (C=O) groups excluding carboxylic acids is 1. The zero-order valence-electron chi connectivity index (χ0n) is 10.1. The molecule has 0 radical (unpaired) electrons. The number of rotatable bonds is 4. The Balaban J connectivity index is 2.32. The monoisotopic (exact) mass is 548 g/mol. The molecule has 1 N–H and O–H groups in total. The van der Waals surface area contributed by atoms with Crippen LogP contribution in [0.3, 0.4) is 0 Å². The Bertz CT molecular complexity index is 629. The summed E-state index contributed by atoms with van der Waals surface area (Å²) < 4.78 is 8.38. The molecule has 0 aliphatic carbocycles. The molecule has 2 rings (SSSR count). The van der Waals surface area contributed by atoms with Crippen molar-refractivity contribution in [2.45, 2.75) is 12.1 Å². The third-order valence-electron chi connectivity index (χ3n) is 2.32. The average Bonchev–Trinajstić information content (AvgIpc) is 2.85. The topological polar surface area (TPSA) is 55.0 Å². The molecule has 2 aromatic rings. The van der Waals surface area contributed by atoms with Crippen LogP contribution in [0.2, 0.25) is 0 Å². The lowest BCUT2D eigenvalue weighted by Gasteiger charge is -2.03. The number of aromatic amines is 1. The molecule has 0 amide bonds. The summed E-state index contributed by atoms with van der Waals surface area (Å²) in [6.07, 6.45) is 0. The van der Waals surface area contributed by atoms with E-state index in [9.17, 15) is 4.79 Å². The summed E-state index contributed by atoms with van der Waals surface area (Å²) >= 11 is 15.3. The Morgan fingerprint density at radius 3 is 2.50 bits per heavy atom. The van der Waals surface area contributed by atoms with Gasteiger partial charge in [-0.15, -0.1) is 0 Å². The molecule has 0 aliphatic heterocycles. The van der Waals surface area contributed by atoms with Gasteiger partial charge >= 0.3 is 5.97 Å². The molecule has 108 valence electrons. The van der Waals surface area contributed by atoms with Gasteiger partial charge in [0.15, 0.2) is 5.16 Å². The number of hydrogen-bond donors (Lipinski definition) is 1. The van der Waals surface area contributed by atoms with Crippen molar-refractivity contribution in [1.82, 2.24) is 9.97 Å². The minimum Gasteiger partial charge on any atom is -0.465 e. The number of aromatic nitrogens is 2. The lowest BCUT2D eigenvalue weighted by molar-refractivity contribution is -0.139. The van der Waals surface area contributed by atoms with Gasteiger partial charge in [-0.25, -0.2) is 4.98 Å². The standard InChI is InChI=1S/C11H8Br4N2O2S/c1-2-19-4(18)3-20-11-16-9-7(14)5(12)6(13)8(15)10(9)17-11/h2-3H2,1H3,(H,16,17). The minimum atomic E-state index is -0.251. The number of imidazole rings is 1. The first kappa shape index (κ1) is 16.8. The zero-order chi connectivity index (χ0) is 14.9. The number of fused-ring (bicyclic) bond motifs is 1. The number of nitrogens with zero attached hydrogens (tertiary/aromatic N) is 1. The normalized spacial score (nSPS) is 11.1. The van der Waals surface area contributed by atoms with Gasteiger partial charge in [0.05, 0.1) is 26.8 Å². The summed E-state index contributed by atoms with van der Waals surface area (Å²) in [4.78, 5) is 19.0. The first-order valence-corrected chi connectivity index (χ1v) is 9.61. The lowest BCUT2D eigenvalue weighted by Crippen LogP contribution is -2.06. The van der Waals surface area contributed by atoms with Gasteiger partial charge in [-0.3, -0.25) is 4.79 Å². The van der Waals surface area contributed by atoms with Gasteiger partial charge < -0.3 is 9.72 Å². The fourth-order valence-electron chi connectivity index (χ4n) is 1.47. The maximum absolute atomic E-state index is 11.4. The van der Waals surface area contributed by atoms with E-state index in [0.29, 0.717) is 11.8 Å². The molecule has 1 aromatic carbocycles. The van der Waals surface area contributed by atoms with E-state index in [2.05, 4.69) is 73.7 Å². The molecule has 0 spiro atoms. The second-order valence-corrected chi connectivity index (χ2v) is 7.75. The number of ether oxygens (including phenoxy) is 1. The molecular formula is C11H8Br4N2O2S. The summed E-state index contributed by atoms with van der Waals surface area (Å²) in [5.41, 5.74) is 1.65. The summed E-state index contributed by atoms with van der Waals surface area (Å²) in [6.45, 7) is 2.17. The fraction of sp³-hybridized carbons (Fsp3) is 0.273. The SMILES string of the molecule is CCOC(=O)CSc1nc2c(Br)c(Br)c(Br)c(Br)c2[nH]1. The maximum Gasteiger partial charge on any atom is 0.316 e. The second kappa shape index (κ2) is 7.13. The van der Waals surface area contributed by atoms with Gasteiger partial charge in [-0.2, -0.15) is 0 Å². The van der Waals surface area contributed by atoms with E-state index in [4.69, 9.17) is 4.74 Å². The van der Waals surface area contributed by atoms with E-state index in [1.54, 1.807) is 6.92 Å². The number of benzene rings is 1. The summed E-state index contributed by atoms with van der Waals surface area (Å²) in [7, 11) is 0. The van der Waals surface area contributed by atoms with E-state index in [1.807, 2.05) is 0 Å². The van der Waals surface area contributed by atoms with Crippen molar-refractivity contribution in [3.05, 3.63) is 17.9 Å². The van der Waals surface area contributed by atoms with Crippen LogP contribution in [-0.4, -0.2) is 28.3 Å². The highest BCUT2D eigenvalue weighted by Gasteiger charge is 2.17. The number of thioether (sulfide) groups is 1. The molecule has 0 saturated heterocycles. The molecule has 0 bridgehead atoms. The number of esters is 1. The van der Waals surface area contributed by atoms with Crippen molar-refractivity contribution in [1.29, 1.82) is 0 Å². The average molecular weight is 552 g/mol. The first-order valence-electron chi connectivity index (χ1n) is 5.45. The van der Waals surface area contributed by atoms with Crippen LogP contribution in [0, 0.1) is 0 Å². The highest BCUT2D eigenvalue weighted by Crippen LogP contribution is 2.43. The van der Waals surface area contributed by atoms with Gasteiger partial charge in [0.2, 0.25) is 0 Å². The molecule has 0 saturated carbocycles. The molecule has 1 heterocycles. The Morgan fingerprint density at radius 2 is 1.85 bits per heavy atom. The molecule has 20 heavy (non-hydrogen) atoms. The van der Waals surface area contributed by atoms with Crippen LogP contribution >= 0.6 is 75.5 Å². The minimum absolute atomic E-state index is 0.227. The van der Waals surface area contributed by atoms with E-state index < -0.39 is 0 Å². The van der Waals surface area contributed by atoms with Crippen molar-refractivity contribution < 1.29 is 9.53 Å². The van der Waals surface area contributed by atoms with Crippen LogP contribution in [-0.2, 0) is 9.53 Å². The van der Waals surface area contributed by atoms with E-state index in [-0.39, 0.29) is 11.7 Å². The Kier molecular flexibility index (Phi) is 5.98. The lowest BCUT2D eigenvalue weighted by atomic mass is 10.3. The van der Waals surface area contributed by atoms with Gasteiger partial charge in [0, 0.05) is 8.95 Å². The smallest absolute Gasteiger partial charge is 0.316 e. The fourth-order valence-corrected chi connectivity index (χ4v) is 4.43. The second-order valence-electron chi connectivity index (χ2n) is 3.62. The van der Waals surface area contributed by atoms with Crippen LogP contribution in [0.4, 0.5) is 0 Å². The predicted octanol–water partition coefficient (Wildman–Crippen LogP) is 5.27. The third kappa shape index (κ3) is 3.43. The molecule has 4 nitrogen and oxygen atoms in total. The molecule has 1 aromatic heterocycles. The highest BCUT2D eigenvalue weighted by atomic mass is 79.9. The predicted molar refractivity (Wildman–Crippen MR) is 94.3 cm³/mol. The van der Waals surface area contributed by atoms with Gasteiger partial charge in [-0.1, -0.05) is 11.8 Å². The molecular weight excluding hydrogens is 544 g/mol. The third-order valence-corrected chi connectivity index (χ3v) is 7.91. The van der Waals surface area contributed by atoms with Crippen LogP contribution in [0.5, 0.6) is 0 Å². The molecule has 9 heteroatoms. The summed E-state index contributed by atoms with van der Waals surface area (Å²) in [5.74, 6) is -0.0240. The van der Waals surface area contributed by atoms with Crippen LogP contribution < -0.4 is 0 Å². The van der Waals surface area contributed by atoms with Crippen molar-refractivity contribution in [2.24, 2.45) is 0 Å². The number of nitrogens with one attached hydrogen (secondary N) is 1. The summed E-state index contributed by atoms with van der Waals surface area (Å²) in [5, 5.41) is 0.666. The van der Waals surface area contributed by atoms with E-state index >= 15 is 0 Å². The van der Waals surface area contributed by atoms with Crippen molar-refractivity contribution in [3.63, 3.8) is 0 Å². The molecule has 0 aliphatic rings. The Morgan fingerprint density at radius 1 is 1.20 bits per heavy atom. The summed E-state index contributed by atoms with van der Waals surface area (Å²) in [6, 6.07) is 0. The Hall–Kier alpha value is 0.430. The van der Waals surface area contributed by atoms with Crippen molar-refractivity contribution >= 4 is 92.5 Å². The first-order chi connectivity index (χ1) is 9.45. The highest BCUT2D eigenvalue weighted by molar-refractivity contribution is 9.15. The zero-order valence-corrected chi connectivity index (χ0v) is 17.3. The van der Waals surface area contributed by atoms with Gasteiger partial charge in [0.1, 0.15) is 5.52 Å². The molecule has 0 unspecified atom stereocenters. The number of halogens is 4. The number of H-pyrrole nitrogens is 1. The Labute approximate surface area is 153 Å². The van der Waals surface area contributed by atoms with Crippen LogP contribution in [0.1, 0.15) is 6.92 Å². The van der Waals surface area contributed by atoms with Gasteiger partial charge in [-0.05, 0) is 70.6 Å². The number of carbonyl (C=O) groups is 1. The maximum atomic E-state index is 11.4.